The zero-order valence-corrected chi connectivity index (χ0v) is 9.16. The Morgan fingerprint density at radius 1 is 1.53 bits per heavy atom. The number of rotatable bonds is 1. The molecule has 76 valence electrons. The number of thiol groups is 1. The highest BCUT2D eigenvalue weighted by Gasteiger charge is 2.25. The SMILES string of the molecule is CN1/C(=C(/C#N)CS)Oc2ccccc21. The van der Waals surface area contributed by atoms with Gasteiger partial charge in [-0.05, 0) is 12.1 Å². The summed E-state index contributed by atoms with van der Waals surface area (Å²) in [6.45, 7) is 0. The number of nitrogens with zero attached hydrogens (tertiary/aromatic N) is 2. The molecule has 0 fully saturated rings. The van der Waals surface area contributed by atoms with E-state index in [0.717, 1.165) is 11.4 Å². The molecule has 0 aromatic heterocycles. The molecule has 0 unspecified atom stereocenters. The molecule has 1 aliphatic heterocycles. The van der Waals surface area contributed by atoms with Crippen LogP contribution in [-0.2, 0) is 0 Å². The molecule has 0 bridgehead atoms. The number of para-hydroxylation sites is 2. The van der Waals surface area contributed by atoms with Crippen LogP contribution in [0, 0.1) is 11.3 Å². The molecule has 15 heavy (non-hydrogen) atoms. The van der Waals surface area contributed by atoms with Crippen LogP contribution in [0.15, 0.2) is 35.7 Å². The molecule has 0 spiro atoms. The summed E-state index contributed by atoms with van der Waals surface area (Å²) >= 11 is 4.10. The minimum absolute atomic E-state index is 0.379. The van der Waals surface area contributed by atoms with Crippen molar-refractivity contribution in [1.29, 1.82) is 5.26 Å². The Kier molecular flexibility index (Phi) is 2.57. The summed E-state index contributed by atoms with van der Waals surface area (Å²) in [5, 5.41) is 8.92. The maximum atomic E-state index is 8.92. The minimum Gasteiger partial charge on any atom is -0.438 e. The molecule has 0 radical (unpaired) electrons. The fourth-order valence-electron chi connectivity index (χ4n) is 1.52. The van der Waals surface area contributed by atoms with Crippen molar-refractivity contribution in [1.82, 2.24) is 0 Å². The van der Waals surface area contributed by atoms with Gasteiger partial charge in [-0.15, -0.1) is 0 Å². The zero-order valence-electron chi connectivity index (χ0n) is 8.27. The van der Waals surface area contributed by atoms with Crippen molar-refractivity contribution in [2.45, 2.75) is 0 Å². The number of benzene rings is 1. The van der Waals surface area contributed by atoms with Gasteiger partial charge in [-0.1, -0.05) is 12.1 Å². The van der Waals surface area contributed by atoms with Crippen molar-refractivity contribution in [2.75, 3.05) is 17.7 Å². The lowest BCUT2D eigenvalue weighted by Crippen LogP contribution is -2.16. The van der Waals surface area contributed by atoms with E-state index in [4.69, 9.17) is 10.00 Å². The van der Waals surface area contributed by atoms with Crippen LogP contribution in [0.5, 0.6) is 5.75 Å². The molecule has 0 aliphatic carbocycles. The summed E-state index contributed by atoms with van der Waals surface area (Å²) in [5.74, 6) is 1.74. The van der Waals surface area contributed by atoms with E-state index in [-0.39, 0.29) is 0 Å². The topological polar surface area (TPSA) is 36.3 Å². The lowest BCUT2D eigenvalue weighted by atomic mass is 10.3. The highest BCUT2D eigenvalue weighted by molar-refractivity contribution is 7.80. The average Bonchev–Trinajstić information content (AvgIpc) is 2.60. The quantitative estimate of drug-likeness (QED) is 0.579. The third kappa shape index (κ3) is 1.55. The second-order valence-corrected chi connectivity index (χ2v) is 3.50. The predicted molar refractivity (Wildman–Crippen MR) is 62.0 cm³/mol. The Labute approximate surface area is 94.0 Å². The van der Waals surface area contributed by atoms with Gasteiger partial charge < -0.3 is 9.64 Å². The maximum absolute atomic E-state index is 8.92. The van der Waals surface area contributed by atoms with Crippen LogP contribution in [0.2, 0.25) is 0 Å². The zero-order chi connectivity index (χ0) is 10.8. The fraction of sp³-hybridized carbons (Fsp3) is 0.182. The van der Waals surface area contributed by atoms with E-state index in [1.165, 1.54) is 0 Å². The molecule has 0 amide bonds. The third-order valence-electron chi connectivity index (χ3n) is 2.29. The van der Waals surface area contributed by atoms with Crippen molar-refractivity contribution in [3.63, 3.8) is 0 Å². The van der Waals surface area contributed by atoms with Crippen LogP contribution in [0.4, 0.5) is 5.69 Å². The molecule has 4 heteroatoms. The van der Waals surface area contributed by atoms with Crippen LogP contribution < -0.4 is 9.64 Å². The molecule has 0 atom stereocenters. The van der Waals surface area contributed by atoms with Crippen molar-refractivity contribution < 1.29 is 4.74 Å². The number of hydrogen-bond donors (Lipinski definition) is 1. The van der Waals surface area contributed by atoms with Gasteiger partial charge in [0.2, 0.25) is 5.88 Å². The first kappa shape index (κ1) is 9.94. The van der Waals surface area contributed by atoms with E-state index in [2.05, 4.69) is 18.7 Å². The molecule has 1 aromatic rings. The van der Waals surface area contributed by atoms with Gasteiger partial charge in [-0.2, -0.15) is 17.9 Å². The van der Waals surface area contributed by atoms with Gasteiger partial charge in [-0.25, -0.2) is 0 Å². The fourth-order valence-corrected chi connectivity index (χ4v) is 1.72. The summed E-state index contributed by atoms with van der Waals surface area (Å²) < 4.78 is 5.60. The van der Waals surface area contributed by atoms with E-state index < -0.39 is 0 Å². The Morgan fingerprint density at radius 2 is 2.27 bits per heavy atom. The van der Waals surface area contributed by atoms with Crippen LogP contribution >= 0.6 is 12.6 Å². The van der Waals surface area contributed by atoms with Gasteiger partial charge in [0, 0.05) is 12.8 Å². The third-order valence-corrected chi connectivity index (χ3v) is 2.61. The van der Waals surface area contributed by atoms with Gasteiger partial charge in [-0.3, -0.25) is 0 Å². The molecule has 1 aromatic carbocycles. The lowest BCUT2D eigenvalue weighted by molar-refractivity contribution is 0.439. The predicted octanol–water partition coefficient (Wildman–Crippen LogP) is 2.18. The lowest BCUT2D eigenvalue weighted by Gasteiger charge is -2.11. The second kappa shape index (κ2) is 3.87. The molecule has 2 rings (SSSR count). The first-order chi connectivity index (χ1) is 7.27. The Balaban J connectivity index is 2.48. The van der Waals surface area contributed by atoms with E-state index in [1.807, 2.05) is 36.2 Å². The summed E-state index contributed by atoms with van der Waals surface area (Å²) in [4.78, 5) is 1.87. The largest absolute Gasteiger partial charge is 0.438 e. The Morgan fingerprint density at radius 3 is 2.87 bits per heavy atom. The van der Waals surface area contributed by atoms with Crippen LogP contribution in [0.3, 0.4) is 0 Å². The first-order valence-electron chi connectivity index (χ1n) is 4.52. The smallest absolute Gasteiger partial charge is 0.215 e. The van der Waals surface area contributed by atoms with Crippen molar-refractivity contribution in [3.05, 3.63) is 35.7 Å². The minimum atomic E-state index is 0.379. The van der Waals surface area contributed by atoms with E-state index in [0.29, 0.717) is 17.2 Å². The van der Waals surface area contributed by atoms with Gasteiger partial charge in [0.15, 0.2) is 5.75 Å². The van der Waals surface area contributed by atoms with Crippen LogP contribution in [-0.4, -0.2) is 12.8 Å². The van der Waals surface area contributed by atoms with E-state index in [1.54, 1.807) is 0 Å². The van der Waals surface area contributed by atoms with Crippen molar-refractivity contribution >= 4 is 18.3 Å². The first-order valence-corrected chi connectivity index (χ1v) is 5.16. The summed E-state index contributed by atoms with van der Waals surface area (Å²) in [6, 6.07) is 9.77. The highest BCUT2D eigenvalue weighted by atomic mass is 32.1. The van der Waals surface area contributed by atoms with Crippen molar-refractivity contribution in [2.24, 2.45) is 0 Å². The van der Waals surface area contributed by atoms with E-state index >= 15 is 0 Å². The summed E-state index contributed by atoms with van der Waals surface area (Å²) in [5.41, 5.74) is 1.51. The van der Waals surface area contributed by atoms with Crippen LogP contribution in [0.1, 0.15) is 0 Å². The molecule has 1 heterocycles. The number of ether oxygens (including phenoxy) is 1. The average molecular weight is 218 g/mol. The summed E-state index contributed by atoms with van der Waals surface area (Å²) in [7, 11) is 1.88. The Hall–Kier alpha value is -1.60. The number of anilines is 1. The highest BCUT2D eigenvalue weighted by Crippen LogP contribution is 2.38. The van der Waals surface area contributed by atoms with Gasteiger partial charge in [0.25, 0.3) is 0 Å². The van der Waals surface area contributed by atoms with E-state index in [9.17, 15) is 0 Å². The molecule has 0 N–H and O–H groups in total. The van der Waals surface area contributed by atoms with Gasteiger partial charge >= 0.3 is 0 Å². The molecule has 0 saturated heterocycles. The molecule has 3 nitrogen and oxygen atoms in total. The second-order valence-electron chi connectivity index (χ2n) is 3.18. The molecule has 0 saturated carbocycles. The molecular weight excluding hydrogens is 208 g/mol. The number of fused-ring (bicyclic) bond motifs is 1. The molecule has 1 aliphatic rings. The van der Waals surface area contributed by atoms with Gasteiger partial charge in [0.1, 0.15) is 6.07 Å². The van der Waals surface area contributed by atoms with Crippen LogP contribution in [0.25, 0.3) is 0 Å². The maximum Gasteiger partial charge on any atom is 0.215 e. The van der Waals surface area contributed by atoms with Crippen molar-refractivity contribution in [3.8, 4) is 11.8 Å². The standard InChI is InChI=1S/C11H10N2OS/c1-13-9-4-2-3-5-10(9)14-11(13)8(6-12)7-15/h2-5,15H,7H2,1H3/b11-8+. The number of nitriles is 1. The molecular formula is C11H10N2OS. The Bertz CT molecular complexity index is 462. The van der Waals surface area contributed by atoms with Gasteiger partial charge in [0.05, 0.1) is 11.3 Å². The normalized spacial score (nSPS) is 16.7. The monoisotopic (exact) mass is 218 g/mol. The summed E-state index contributed by atoms with van der Waals surface area (Å²) in [6.07, 6.45) is 0. The number of hydrogen-bond acceptors (Lipinski definition) is 4.